The van der Waals surface area contributed by atoms with Crippen molar-refractivity contribution in [1.82, 2.24) is 25.6 Å². The third-order valence-electron chi connectivity index (χ3n) is 1.93. The molecule has 92 valence electrons. The van der Waals surface area contributed by atoms with E-state index in [1.54, 1.807) is 31.1 Å². The van der Waals surface area contributed by atoms with Gasteiger partial charge in [-0.3, -0.25) is 4.98 Å². The number of pyridine rings is 1. The van der Waals surface area contributed by atoms with Gasteiger partial charge in [-0.2, -0.15) is 0 Å². The third kappa shape index (κ3) is 9.22. The van der Waals surface area contributed by atoms with Crippen LogP contribution in [0.1, 0.15) is 0 Å². The molecule has 3 heterocycles. The van der Waals surface area contributed by atoms with Crippen molar-refractivity contribution in [3.05, 3.63) is 49.3 Å². The summed E-state index contributed by atoms with van der Waals surface area (Å²) in [5.41, 5.74) is 0. The summed E-state index contributed by atoms with van der Waals surface area (Å²) in [4.78, 5) is 10.2. The molecule has 0 bridgehead atoms. The van der Waals surface area contributed by atoms with Crippen LogP contribution in [-0.2, 0) is 0 Å². The number of H-pyrrole nitrogens is 1. The molecule has 0 aliphatic carbocycles. The summed E-state index contributed by atoms with van der Waals surface area (Å²) in [6.45, 7) is 4.56. The van der Waals surface area contributed by atoms with Gasteiger partial charge in [0.15, 0.2) is 0 Å². The highest BCUT2D eigenvalue weighted by atomic mass is 15.0. The second-order valence-corrected chi connectivity index (χ2v) is 3.29. The van der Waals surface area contributed by atoms with E-state index in [-0.39, 0.29) is 0 Å². The van der Waals surface area contributed by atoms with Gasteiger partial charge in [-0.05, 0) is 12.1 Å². The Balaban J connectivity index is 0.000000128. The minimum absolute atomic E-state index is 1.14. The van der Waals surface area contributed by atoms with E-state index in [1.807, 2.05) is 18.2 Å². The average Bonchev–Trinajstić information content (AvgIpc) is 3.03. The van der Waals surface area contributed by atoms with Crippen molar-refractivity contribution in [2.75, 3.05) is 26.2 Å². The quantitative estimate of drug-likeness (QED) is 0.626. The average molecular weight is 233 g/mol. The van der Waals surface area contributed by atoms with Crippen LogP contribution in [0, 0.1) is 0 Å². The molecule has 3 rings (SSSR count). The largest absolute Gasteiger partial charge is 0.351 e. The Hall–Kier alpha value is -1.72. The summed E-state index contributed by atoms with van der Waals surface area (Å²) in [7, 11) is 0. The second-order valence-electron chi connectivity index (χ2n) is 3.29. The van der Waals surface area contributed by atoms with Crippen molar-refractivity contribution in [3.8, 4) is 0 Å². The van der Waals surface area contributed by atoms with E-state index < -0.39 is 0 Å². The van der Waals surface area contributed by atoms with Crippen LogP contribution in [-0.4, -0.2) is 41.1 Å². The number of hydrogen-bond donors (Lipinski definition) is 3. The maximum absolute atomic E-state index is 3.78. The summed E-state index contributed by atoms with van der Waals surface area (Å²) in [5, 5.41) is 6.44. The van der Waals surface area contributed by atoms with E-state index >= 15 is 0 Å². The lowest BCUT2D eigenvalue weighted by Gasteiger charge is -2.11. The number of aromatic nitrogens is 3. The molecule has 0 radical (unpaired) electrons. The molecule has 5 heteroatoms. The highest BCUT2D eigenvalue weighted by Gasteiger charge is 1.91. The molecule has 0 amide bonds. The molecule has 1 saturated heterocycles. The fraction of sp³-hybridized carbons (Fsp3) is 0.333. The molecule has 1 fully saturated rings. The first-order valence-corrected chi connectivity index (χ1v) is 5.69. The molecule has 1 aliphatic heterocycles. The minimum atomic E-state index is 1.14. The fourth-order valence-corrected chi connectivity index (χ4v) is 1.13. The fourth-order valence-electron chi connectivity index (χ4n) is 1.13. The van der Waals surface area contributed by atoms with Gasteiger partial charge in [-0.25, -0.2) is 4.98 Å². The van der Waals surface area contributed by atoms with Crippen molar-refractivity contribution in [2.45, 2.75) is 0 Å². The molecule has 0 atom stereocenters. The zero-order valence-corrected chi connectivity index (χ0v) is 9.84. The minimum Gasteiger partial charge on any atom is -0.351 e. The van der Waals surface area contributed by atoms with Crippen molar-refractivity contribution in [2.24, 2.45) is 0 Å². The smallest absolute Gasteiger partial charge is 0.0919 e. The number of hydrogen-bond acceptors (Lipinski definition) is 4. The van der Waals surface area contributed by atoms with Gasteiger partial charge in [-0.1, -0.05) is 6.07 Å². The Bertz CT molecular complexity index is 262. The highest BCUT2D eigenvalue weighted by molar-refractivity contribution is 4.88. The molecule has 0 unspecified atom stereocenters. The summed E-state index contributed by atoms with van der Waals surface area (Å²) < 4.78 is 0. The molecular weight excluding hydrogens is 214 g/mol. The van der Waals surface area contributed by atoms with Crippen molar-refractivity contribution < 1.29 is 0 Å². The van der Waals surface area contributed by atoms with Crippen LogP contribution < -0.4 is 10.6 Å². The lowest BCUT2D eigenvalue weighted by atomic mass is 10.4. The van der Waals surface area contributed by atoms with Gasteiger partial charge in [0.05, 0.1) is 6.33 Å². The molecule has 2 aromatic rings. The lowest BCUT2D eigenvalue weighted by molar-refractivity contribution is 0.534. The molecular formula is C12H19N5. The highest BCUT2D eigenvalue weighted by Crippen LogP contribution is 1.73. The van der Waals surface area contributed by atoms with Gasteiger partial charge in [0, 0.05) is 51.0 Å². The number of aromatic amines is 1. The number of imidazole rings is 1. The van der Waals surface area contributed by atoms with Crippen molar-refractivity contribution >= 4 is 0 Å². The van der Waals surface area contributed by atoms with E-state index in [9.17, 15) is 0 Å². The Morgan fingerprint density at radius 3 is 1.53 bits per heavy atom. The van der Waals surface area contributed by atoms with Gasteiger partial charge in [0.25, 0.3) is 0 Å². The first-order chi connectivity index (χ1) is 8.50. The summed E-state index contributed by atoms with van der Waals surface area (Å²) >= 11 is 0. The zero-order valence-electron chi connectivity index (χ0n) is 9.84. The molecule has 2 aromatic heterocycles. The number of nitrogens with one attached hydrogen (secondary N) is 3. The second kappa shape index (κ2) is 10.8. The normalized spacial score (nSPS) is 13.6. The number of nitrogens with zero attached hydrogens (tertiary/aromatic N) is 2. The lowest BCUT2D eigenvalue weighted by Crippen LogP contribution is -2.39. The van der Waals surface area contributed by atoms with Crippen LogP contribution in [0.25, 0.3) is 0 Å². The number of piperazine rings is 1. The Labute approximate surface area is 102 Å². The Morgan fingerprint density at radius 2 is 1.35 bits per heavy atom. The predicted molar refractivity (Wildman–Crippen MR) is 68.6 cm³/mol. The molecule has 5 nitrogen and oxygen atoms in total. The Morgan fingerprint density at radius 1 is 0.706 bits per heavy atom. The van der Waals surface area contributed by atoms with E-state index in [0.717, 1.165) is 26.2 Å². The first kappa shape index (κ1) is 13.3. The molecule has 3 N–H and O–H groups in total. The van der Waals surface area contributed by atoms with E-state index in [2.05, 4.69) is 25.6 Å². The van der Waals surface area contributed by atoms with Gasteiger partial charge < -0.3 is 15.6 Å². The van der Waals surface area contributed by atoms with Crippen LogP contribution in [0.4, 0.5) is 0 Å². The van der Waals surface area contributed by atoms with E-state index in [0.29, 0.717) is 0 Å². The maximum Gasteiger partial charge on any atom is 0.0919 e. The third-order valence-corrected chi connectivity index (χ3v) is 1.93. The molecule has 17 heavy (non-hydrogen) atoms. The van der Waals surface area contributed by atoms with Gasteiger partial charge >= 0.3 is 0 Å². The van der Waals surface area contributed by atoms with Gasteiger partial charge in [-0.15, -0.1) is 0 Å². The van der Waals surface area contributed by atoms with Crippen LogP contribution in [0.5, 0.6) is 0 Å². The molecule has 0 aromatic carbocycles. The van der Waals surface area contributed by atoms with Crippen LogP contribution in [0.15, 0.2) is 49.3 Å². The monoisotopic (exact) mass is 233 g/mol. The van der Waals surface area contributed by atoms with Crippen molar-refractivity contribution in [1.29, 1.82) is 0 Å². The first-order valence-electron chi connectivity index (χ1n) is 5.69. The zero-order chi connectivity index (χ0) is 12.0. The van der Waals surface area contributed by atoms with Crippen LogP contribution in [0.3, 0.4) is 0 Å². The van der Waals surface area contributed by atoms with Gasteiger partial charge in [0.2, 0.25) is 0 Å². The molecule has 1 aliphatic rings. The van der Waals surface area contributed by atoms with Crippen LogP contribution >= 0.6 is 0 Å². The van der Waals surface area contributed by atoms with E-state index in [4.69, 9.17) is 0 Å². The standard InChI is InChI=1S/C5H5N.C4H10N2.C3H4N2/c1-2-4-6-5-3-1;1-2-6-4-3-5-1;1-2-5-3-4-1/h1-5H;5-6H,1-4H2;1-3H,(H,4,5). The summed E-state index contributed by atoms with van der Waals surface area (Å²) in [5.74, 6) is 0. The van der Waals surface area contributed by atoms with Crippen LogP contribution in [0.2, 0.25) is 0 Å². The van der Waals surface area contributed by atoms with Gasteiger partial charge in [0.1, 0.15) is 0 Å². The summed E-state index contributed by atoms with van der Waals surface area (Å²) in [6.07, 6.45) is 8.58. The molecule has 0 saturated carbocycles. The maximum atomic E-state index is 3.78. The van der Waals surface area contributed by atoms with Crippen molar-refractivity contribution in [3.63, 3.8) is 0 Å². The molecule has 0 spiro atoms. The SMILES string of the molecule is C1CNCCN1.c1c[nH]cn1.c1ccncc1. The topological polar surface area (TPSA) is 65.6 Å². The number of rotatable bonds is 0. The van der Waals surface area contributed by atoms with E-state index in [1.165, 1.54) is 0 Å². The Kier molecular flexibility index (Phi) is 8.47. The summed E-state index contributed by atoms with van der Waals surface area (Å²) in [6, 6.07) is 5.72. The predicted octanol–water partition coefficient (Wildman–Crippen LogP) is 0.671.